The van der Waals surface area contributed by atoms with E-state index in [1.165, 1.54) is 16.7 Å². The Morgan fingerprint density at radius 2 is 1.44 bits per heavy atom. The van der Waals surface area contributed by atoms with Crippen molar-refractivity contribution in [2.24, 2.45) is 0 Å². The minimum atomic E-state index is 0.0578. The van der Waals surface area contributed by atoms with Gasteiger partial charge in [-0.15, -0.1) is 0 Å². The summed E-state index contributed by atoms with van der Waals surface area (Å²) in [5.74, 6) is 0.214. The zero-order valence-electron chi connectivity index (χ0n) is 14.5. The molecule has 0 aliphatic rings. The third-order valence-electron chi connectivity index (χ3n) is 4.35. The fraction of sp³-hybridized carbons (Fsp3) is 0.174. The molecule has 0 fully saturated rings. The first-order valence-corrected chi connectivity index (χ1v) is 8.64. The van der Waals surface area contributed by atoms with Gasteiger partial charge in [0.05, 0.1) is 6.42 Å². The SMILES string of the molecule is Cc1cccc(CC(=O)NCC(c2ccccc2)c2ccccc2)c1. The maximum absolute atomic E-state index is 12.4. The van der Waals surface area contributed by atoms with E-state index in [1.54, 1.807) is 0 Å². The summed E-state index contributed by atoms with van der Waals surface area (Å²) >= 11 is 0. The van der Waals surface area contributed by atoms with Crippen LogP contribution in [0.2, 0.25) is 0 Å². The zero-order chi connectivity index (χ0) is 17.5. The first-order valence-electron chi connectivity index (χ1n) is 8.64. The number of aryl methyl sites for hydroxylation is 1. The minimum Gasteiger partial charge on any atom is -0.355 e. The molecule has 0 saturated carbocycles. The summed E-state index contributed by atoms with van der Waals surface area (Å²) in [7, 11) is 0. The molecule has 25 heavy (non-hydrogen) atoms. The third-order valence-corrected chi connectivity index (χ3v) is 4.35. The van der Waals surface area contributed by atoms with Crippen LogP contribution in [0.15, 0.2) is 84.9 Å². The molecule has 0 heterocycles. The number of rotatable bonds is 6. The van der Waals surface area contributed by atoms with Crippen LogP contribution in [0, 0.1) is 6.92 Å². The van der Waals surface area contributed by atoms with Crippen molar-refractivity contribution < 1.29 is 4.79 Å². The molecule has 0 saturated heterocycles. The number of nitrogens with one attached hydrogen (secondary N) is 1. The molecule has 0 aliphatic heterocycles. The van der Waals surface area contributed by atoms with Crippen LogP contribution in [0.5, 0.6) is 0 Å². The maximum Gasteiger partial charge on any atom is 0.224 e. The molecule has 126 valence electrons. The van der Waals surface area contributed by atoms with Crippen molar-refractivity contribution in [3.63, 3.8) is 0 Å². The van der Waals surface area contributed by atoms with Crippen molar-refractivity contribution in [2.45, 2.75) is 19.3 Å². The second-order valence-electron chi connectivity index (χ2n) is 6.34. The lowest BCUT2D eigenvalue weighted by atomic mass is 9.91. The molecule has 0 aliphatic carbocycles. The Balaban J connectivity index is 1.70. The van der Waals surface area contributed by atoms with Gasteiger partial charge in [-0.25, -0.2) is 0 Å². The van der Waals surface area contributed by atoms with Gasteiger partial charge in [-0.3, -0.25) is 4.79 Å². The third kappa shape index (κ3) is 4.80. The number of hydrogen-bond donors (Lipinski definition) is 1. The molecule has 0 radical (unpaired) electrons. The van der Waals surface area contributed by atoms with E-state index >= 15 is 0 Å². The Morgan fingerprint density at radius 1 is 0.840 bits per heavy atom. The maximum atomic E-state index is 12.4. The van der Waals surface area contributed by atoms with E-state index in [9.17, 15) is 4.79 Å². The summed E-state index contributed by atoms with van der Waals surface area (Å²) in [4.78, 5) is 12.4. The Hall–Kier alpha value is -2.87. The quantitative estimate of drug-likeness (QED) is 0.709. The van der Waals surface area contributed by atoms with Gasteiger partial charge in [0.15, 0.2) is 0 Å². The molecule has 1 amide bonds. The van der Waals surface area contributed by atoms with Gasteiger partial charge in [0, 0.05) is 12.5 Å². The molecule has 0 unspecified atom stereocenters. The lowest BCUT2D eigenvalue weighted by Gasteiger charge is -2.19. The molecule has 3 aromatic rings. The highest BCUT2D eigenvalue weighted by Crippen LogP contribution is 2.23. The standard InChI is InChI=1S/C23H23NO/c1-18-9-8-10-19(15-18)16-23(25)24-17-22(20-11-4-2-5-12-20)21-13-6-3-7-14-21/h2-15,22H,16-17H2,1H3,(H,24,25). The second-order valence-corrected chi connectivity index (χ2v) is 6.34. The highest BCUT2D eigenvalue weighted by molar-refractivity contribution is 5.78. The highest BCUT2D eigenvalue weighted by Gasteiger charge is 2.15. The van der Waals surface area contributed by atoms with Gasteiger partial charge < -0.3 is 5.32 Å². The first-order chi connectivity index (χ1) is 12.2. The molecular weight excluding hydrogens is 306 g/mol. The van der Waals surface area contributed by atoms with Crippen molar-refractivity contribution in [1.82, 2.24) is 5.32 Å². The average Bonchev–Trinajstić information content (AvgIpc) is 2.64. The van der Waals surface area contributed by atoms with Crippen LogP contribution in [-0.4, -0.2) is 12.5 Å². The van der Waals surface area contributed by atoms with Crippen molar-refractivity contribution in [3.8, 4) is 0 Å². The van der Waals surface area contributed by atoms with Crippen molar-refractivity contribution in [2.75, 3.05) is 6.54 Å². The molecule has 3 rings (SSSR count). The Bertz CT molecular complexity index is 772. The van der Waals surface area contributed by atoms with Crippen LogP contribution in [-0.2, 0) is 11.2 Å². The Kier molecular flexibility index (Phi) is 5.63. The van der Waals surface area contributed by atoms with Gasteiger partial charge in [-0.1, -0.05) is 90.5 Å². The van der Waals surface area contributed by atoms with Gasteiger partial charge in [0.2, 0.25) is 5.91 Å². The number of hydrogen-bond acceptors (Lipinski definition) is 1. The van der Waals surface area contributed by atoms with E-state index < -0.39 is 0 Å². The van der Waals surface area contributed by atoms with Crippen molar-refractivity contribution >= 4 is 5.91 Å². The van der Waals surface area contributed by atoms with Crippen LogP contribution in [0.4, 0.5) is 0 Å². The largest absolute Gasteiger partial charge is 0.355 e. The van der Waals surface area contributed by atoms with E-state index in [0.717, 1.165) is 5.56 Å². The Labute approximate surface area is 149 Å². The summed E-state index contributed by atoms with van der Waals surface area (Å²) in [6, 6.07) is 28.8. The summed E-state index contributed by atoms with van der Waals surface area (Å²) in [6.45, 7) is 2.64. The normalized spacial score (nSPS) is 10.6. The monoisotopic (exact) mass is 329 g/mol. The van der Waals surface area contributed by atoms with Crippen molar-refractivity contribution in [3.05, 3.63) is 107 Å². The summed E-state index contributed by atoms with van der Waals surface area (Å²) in [5, 5.41) is 3.11. The van der Waals surface area contributed by atoms with Crippen LogP contribution in [0.1, 0.15) is 28.2 Å². The van der Waals surface area contributed by atoms with Crippen LogP contribution >= 0.6 is 0 Å². The van der Waals surface area contributed by atoms with E-state index in [1.807, 2.05) is 61.5 Å². The summed E-state index contributed by atoms with van der Waals surface area (Å²) in [5.41, 5.74) is 4.65. The average molecular weight is 329 g/mol. The van der Waals surface area contributed by atoms with Gasteiger partial charge >= 0.3 is 0 Å². The lowest BCUT2D eigenvalue weighted by molar-refractivity contribution is -0.120. The number of benzene rings is 3. The fourth-order valence-corrected chi connectivity index (χ4v) is 3.08. The molecule has 0 atom stereocenters. The predicted octanol–water partition coefficient (Wildman–Crippen LogP) is 4.49. The first kappa shape index (κ1) is 17.0. The van der Waals surface area contributed by atoms with Gasteiger partial charge in [-0.05, 0) is 23.6 Å². The van der Waals surface area contributed by atoms with Crippen LogP contribution in [0.25, 0.3) is 0 Å². The van der Waals surface area contributed by atoms with E-state index in [0.29, 0.717) is 13.0 Å². The molecule has 0 aromatic heterocycles. The number of amides is 1. The molecule has 3 aromatic carbocycles. The summed E-state index contributed by atoms with van der Waals surface area (Å²) < 4.78 is 0. The lowest BCUT2D eigenvalue weighted by Crippen LogP contribution is -2.30. The van der Waals surface area contributed by atoms with Gasteiger partial charge in [0.25, 0.3) is 0 Å². The highest BCUT2D eigenvalue weighted by atomic mass is 16.1. The van der Waals surface area contributed by atoms with Crippen molar-refractivity contribution in [1.29, 1.82) is 0 Å². The van der Waals surface area contributed by atoms with E-state index in [-0.39, 0.29) is 11.8 Å². The predicted molar refractivity (Wildman–Crippen MR) is 103 cm³/mol. The Morgan fingerprint density at radius 3 is 2.00 bits per heavy atom. The fourth-order valence-electron chi connectivity index (χ4n) is 3.08. The van der Waals surface area contributed by atoms with Gasteiger partial charge in [0.1, 0.15) is 0 Å². The molecule has 0 bridgehead atoms. The van der Waals surface area contributed by atoms with Gasteiger partial charge in [-0.2, -0.15) is 0 Å². The van der Waals surface area contributed by atoms with E-state index in [2.05, 4.69) is 35.6 Å². The minimum absolute atomic E-state index is 0.0578. The molecular formula is C23H23NO. The van der Waals surface area contributed by atoms with Crippen LogP contribution < -0.4 is 5.32 Å². The molecule has 0 spiro atoms. The number of carbonyl (C=O) groups excluding carboxylic acids is 1. The topological polar surface area (TPSA) is 29.1 Å². The summed E-state index contributed by atoms with van der Waals surface area (Å²) in [6.07, 6.45) is 0.415. The number of carbonyl (C=O) groups is 1. The smallest absolute Gasteiger partial charge is 0.224 e. The molecule has 2 heteroatoms. The van der Waals surface area contributed by atoms with E-state index in [4.69, 9.17) is 0 Å². The zero-order valence-corrected chi connectivity index (χ0v) is 14.5. The second kappa shape index (κ2) is 8.29. The molecule has 2 nitrogen and oxygen atoms in total. The van der Waals surface area contributed by atoms with Crippen LogP contribution in [0.3, 0.4) is 0 Å². The molecule has 1 N–H and O–H groups in total.